The van der Waals surface area contributed by atoms with E-state index in [1.165, 1.54) is 0 Å². The monoisotopic (exact) mass is 288 g/mol. The normalized spacial score (nSPS) is 13.2. The van der Waals surface area contributed by atoms with Gasteiger partial charge >= 0.3 is 0 Å². The number of hydrogen-bond donors (Lipinski definition) is 1. The van der Waals surface area contributed by atoms with Gasteiger partial charge in [-0.15, -0.1) is 0 Å². The highest BCUT2D eigenvalue weighted by molar-refractivity contribution is 6.31. The second-order valence-corrected chi connectivity index (χ2v) is 6.10. The van der Waals surface area contributed by atoms with Crippen molar-refractivity contribution in [3.8, 4) is 0 Å². The molecule has 0 saturated heterocycles. The summed E-state index contributed by atoms with van der Waals surface area (Å²) in [5, 5.41) is 13.6. The Kier molecular flexibility index (Phi) is 4.74. The fraction of sp³-hybridized carbons (Fsp3) is 0.538. The number of hydrogen-bond acceptors (Lipinski definition) is 3. The van der Waals surface area contributed by atoms with Crippen LogP contribution < -0.4 is 5.32 Å². The average molecular weight is 289 g/mol. The summed E-state index contributed by atoms with van der Waals surface area (Å²) in [6.45, 7) is 8.79. The zero-order valence-corrected chi connectivity index (χ0v) is 12.2. The standard InChI is InChI=1S/C13H18ClFN2O2/c1-8(13(2,3)4)7-16-11-6-10(15)9(14)5-12(11)17(18)19/h5-6,8,16H,7H2,1-4H3. The van der Waals surface area contributed by atoms with Crippen molar-refractivity contribution in [2.24, 2.45) is 11.3 Å². The van der Waals surface area contributed by atoms with Crippen LogP contribution in [0.1, 0.15) is 27.7 Å². The molecule has 1 N–H and O–H groups in total. The Labute approximate surface area is 117 Å². The number of benzene rings is 1. The van der Waals surface area contributed by atoms with Gasteiger partial charge in [-0.3, -0.25) is 10.1 Å². The van der Waals surface area contributed by atoms with E-state index in [9.17, 15) is 14.5 Å². The molecule has 106 valence electrons. The molecule has 1 rings (SSSR count). The van der Waals surface area contributed by atoms with Gasteiger partial charge in [-0.25, -0.2) is 4.39 Å². The molecule has 0 aliphatic rings. The lowest BCUT2D eigenvalue weighted by molar-refractivity contribution is -0.384. The first-order valence-electron chi connectivity index (χ1n) is 6.00. The summed E-state index contributed by atoms with van der Waals surface area (Å²) in [6, 6.07) is 2.09. The Morgan fingerprint density at radius 1 is 1.47 bits per heavy atom. The molecule has 1 aromatic carbocycles. The summed E-state index contributed by atoms with van der Waals surface area (Å²) in [7, 11) is 0. The first-order valence-corrected chi connectivity index (χ1v) is 6.38. The smallest absolute Gasteiger partial charge is 0.294 e. The van der Waals surface area contributed by atoms with E-state index in [-0.39, 0.29) is 27.7 Å². The van der Waals surface area contributed by atoms with Gasteiger partial charge in [0.15, 0.2) is 0 Å². The summed E-state index contributed by atoms with van der Waals surface area (Å²) in [6.07, 6.45) is 0. The first kappa shape index (κ1) is 15.7. The van der Waals surface area contributed by atoms with Crippen molar-refractivity contribution in [2.75, 3.05) is 11.9 Å². The molecule has 0 fully saturated rings. The van der Waals surface area contributed by atoms with E-state index in [2.05, 4.69) is 26.1 Å². The first-order chi connectivity index (χ1) is 8.62. The lowest BCUT2D eigenvalue weighted by Gasteiger charge is -2.27. The Morgan fingerprint density at radius 3 is 2.53 bits per heavy atom. The maximum Gasteiger partial charge on any atom is 0.294 e. The van der Waals surface area contributed by atoms with Crippen molar-refractivity contribution in [3.63, 3.8) is 0 Å². The van der Waals surface area contributed by atoms with Crippen LogP contribution in [0.3, 0.4) is 0 Å². The predicted molar refractivity (Wildman–Crippen MR) is 75.2 cm³/mol. The number of halogens is 2. The van der Waals surface area contributed by atoms with Gasteiger partial charge in [-0.05, 0) is 11.3 Å². The minimum absolute atomic E-state index is 0.0623. The molecule has 0 saturated carbocycles. The van der Waals surface area contributed by atoms with Crippen LogP contribution in [0.15, 0.2) is 12.1 Å². The van der Waals surface area contributed by atoms with Gasteiger partial charge in [0.05, 0.1) is 9.95 Å². The number of nitrogens with zero attached hydrogens (tertiary/aromatic N) is 1. The topological polar surface area (TPSA) is 55.2 Å². The largest absolute Gasteiger partial charge is 0.379 e. The van der Waals surface area contributed by atoms with Gasteiger partial charge in [0.1, 0.15) is 11.5 Å². The molecule has 0 heterocycles. The van der Waals surface area contributed by atoms with Crippen LogP contribution in [0.4, 0.5) is 15.8 Å². The Balaban J connectivity index is 2.95. The summed E-state index contributed by atoms with van der Waals surface area (Å²) in [5.41, 5.74) is 0.00254. The van der Waals surface area contributed by atoms with Gasteiger partial charge in [0.2, 0.25) is 0 Å². The molecule has 1 aromatic rings. The number of nitrogens with one attached hydrogen (secondary N) is 1. The van der Waals surface area contributed by atoms with Gasteiger partial charge in [-0.2, -0.15) is 0 Å². The van der Waals surface area contributed by atoms with Crippen molar-refractivity contribution in [1.82, 2.24) is 0 Å². The van der Waals surface area contributed by atoms with Crippen molar-refractivity contribution in [3.05, 3.63) is 33.1 Å². The van der Waals surface area contributed by atoms with Crippen molar-refractivity contribution < 1.29 is 9.31 Å². The summed E-state index contributed by atoms with van der Waals surface area (Å²) in [5.74, 6) is -0.399. The zero-order chi connectivity index (χ0) is 14.8. The molecule has 1 atom stereocenters. The van der Waals surface area contributed by atoms with Crippen LogP contribution in [-0.2, 0) is 0 Å². The molecule has 0 amide bonds. The molecule has 0 aromatic heterocycles. The van der Waals surface area contributed by atoms with Crippen LogP contribution in [0.25, 0.3) is 0 Å². The SMILES string of the molecule is CC(CNc1cc(F)c(Cl)cc1[N+](=O)[O-])C(C)(C)C. The molecule has 0 radical (unpaired) electrons. The third-order valence-corrected chi connectivity index (χ3v) is 3.60. The fourth-order valence-corrected chi connectivity index (χ4v) is 1.56. The quantitative estimate of drug-likeness (QED) is 0.656. The number of rotatable bonds is 4. The van der Waals surface area contributed by atoms with Crippen LogP contribution in [0.2, 0.25) is 5.02 Å². The van der Waals surface area contributed by atoms with Gasteiger partial charge < -0.3 is 5.32 Å². The lowest BCUT2D eigenvalue weighted by atomic mass is 9.82. The number of anilines is 1. The highest BCUT2D eigenvalue weighted by Crippen LogP contribution is 2.32. The molecule has 0 aliphatic heterocycles. The van der Waals surface area contributed by atoms with Crippen molar-refractivity contribution >= 4 is 23.0 Å². The predicted octanol–water partition coefficient (Wildman–Crippen LogP) is 4.48. The Morgan fingerprint density at radius 2 is 2.05 bits per heavy atom. The summed E-state index contributed by atoms with van der Waals surface area (Å²) in [4.78, 5) is 10.3. The molecule has 1 unspecified atom stereocenters. The summed E-state index contributed by atoms with van der Waals surface area (Å²) >= 11 is 5.56. The van der Waals surface area contributed by atoms with Crippen molar-refractivity contribution in [2.45, 2.75) is 27.7 Å². The molecule has 6 heteroatoms. The fourth-order valence-electron chi connectivity index (χ4n) is 1.40. The molecule has 4 nitrogen and oxygen atoms in total. The van der Waals surface area contributed by atoms with Gasteiger partial charge in [0, 0.05) is 18.7 Å². The molecular weight excluding hydrogens is 271 g/mol. The van der Waals surface area contributed by atoms with Gasteiger partial charge in [0.25, 0.3) is 5.69 Å². The zero-order valence-electron chi connectivity index (χ0n) is 11.5. The van der Waals surface area contributed by atoms with E-state index in [0.717, 1.165) is 12.1 Å². The highest BCUT2D eigenvalue weighted by atomic mass is 35.5. The lowest BCUT2D eigenvalue weighted by Crippen LogP contribution is -2.25. The van der Waals surface area contributed by atoms with E-state index in [1.807, 2.05) is 6.92 Å². The number of nitro groups is 1. The van der Waals surface area contributed by atoms with E-state index >= 15 is 0 Å². The third kappa shape index (κ3) is 4.06. The average Bonchev–Trinajstić information content (AvgIpc) is 2.28. The van der Waals surface area contributed by atoms with Gasteiger partial charge in [-0.1, -0.05) is 39.3 Å². The van der Waals surface area contributed by atoms with Crippen LogP contribution in [0.5, 0.6) is 0 Å². The maximum absolute atomic E-state index is 13.4. The van der Waals surface area contributed by atoms with Crippen LogP contribution in [-0.4, -0.2) is 11.5 Å². The Bertz CT molecular complexity index is 486. The van der Waals surface area contributed by atoms with E-state index in [0.29, 0.717) is 6.54 Å². The summed E-state index contributed by atoms with van der Waals surface area (Å²) < 4.78 is 13.4. The molecular formula is C13H18ClFN2O2. The minimum atomic E-state index is -0.668. The molecule has 0 spiro atoms. The molecule has 19 heavy (non-hydrogen) atoms. The van der Waals surface area contributed by atoms with Crippen molar-refractivity contribution in [1.29, 1.82) is 0 Å². The van der Waals surface area contributed by atoms with E-state index in [1.54, 1.807) is 0 Å². The minimum Gasteiger partial charge on any atom is -0.379 e. The second-order valence-electron chi connectivity index (χ2n) is 5.69. The van der Waals surface area contributed by atoms with E-state index < -0.39 is 10.7 Å². The van der Waals surface area contributed by atoms with E-state index in [4.69, 9.17) is 11.6 Å². The number of nitro benzene ring substituents is 1. The third-order valence-electron chi connectivity index (χ3n) is 3.31. The van der Waals surface area contributed by atoms with Crippen LogP contribution >= 0.6 is 11.6 Å². The Hall–Kier alpha value is -1.36. The van der Waals surface area contributed by atoms with Crippen LogP contribution in [0, 0.1) is 27.3 Å². The molecule has 0 bridgehead atoms. The second kappa shape index (κ2) is 5.74. The highest BCUT2D eigenvalue weighted by Gasteiger charge is 2.22. The molecule has 0 aliphatic carbocycles. The maximum atomic E-state index is 13.4.